The van der Waals surface area contributed by atoms with Gasteiger partial charge in [0.15, 0.2) is 0 Å². The number of thiophene rings is 1. The first-order valence-corrected chi connectivity index (χ1v) is 6.53. The maximum absolute atomic E-state index is 2.29. The molecular weight excluding hydrogens is 212 g/mol. The first-order valence-electron chi connectivity index (χ1n) is 5.65. The van der Waals surface area contributed by atoms with Crippen LogP contribution in [0.1, 0.15) is 25.3 Å². The lowest BCUT2D eigenvalue weighted by Crippen LogP contribution is -1.81. The van der Waals surface area contributed by atoms with E-state index in [9.17, 15) is 0 Å². The Bertz CT molecular complexity index is 604. The van der Waals surface area contributed by atoms with Crippen LogP contribution in [0.4, 0.5) is 0 Å². The highest BCUT2D eigenvalue weighted by Gasteiger charge is 2.09. The molecule has 0 radical (unpaired) electrons. The average Bonchev–Trinajstić information content (AvgIpc) is 2.73. The van der Waals surface area contributed by atoms with E-state index in [1.54, 1.807) is 0 Å². The maximum Gasteiger partial charge on any atom is 0.0355 e. The molecule has 0 spiro atoms. The molecule has 0 saturated carbocycles. The van der Waals surface area contributed by atoms with E-state index in [2.05, 4.69) is 55.6 Å². The molecule has 2 aliphatic carbocycles. The number of fused-ring (bicyclic) bond motifs is 3. The van der Waals surface area contributed by atoms with Crippen molar-refractivity contribution in [2.24, 2.45) is 0 Å². The second kappa shape index (κ2) is 3.60. The van der Waals surface area contributed by atoms with Crippen LogP contribution in [0, 0.1) is 0 Å². The van der Waals surface area contributed by atoms with Crippen molar-refractivity contribution in [3.8, 4) is 11.1 Å². The van der Waals surface area contributed by atoms with Crippen molar-refractivity contribution in [1.82, 2.24) is 0 Å². The van der Waals surface area contributed by atoms with Crippen LogP contribution in [0.15, 0.2) is 41.8 Å². The Kier molecular flexibility index (Phi) is 2.22. The molecule has 1 aromatic heterocycles. The Morgan fingerprint density at radius 3 is 2.62 bits per heavy atom. The van der Waals surface area contributed by atoms with Crippen LogP contribution in [-0.4, -0.2) is 0 Å². The van der Waals surface area contributed by atoms with Gasteiger partial charge in [0.25, 0.3) is 0 Å². The fraction of sp³-hybridized carbons (Fsp3) is 0.200. The summed E-state index contributed by atoms with van der Waals surface area (Å²) in [6, 6.07) is 13.5. The van der Waals surface area contributed by atoms with Crippen LogP contribution in [0.25, 0.3) is 21.2 Å². The highest BCUT2D eigenvalue weighted by atomic mass is 32.1. The predicted octanol–water partition coefficient (Wildman–Crippen LogP) is 5.13. The Morgan fingerprint density at radius 1 is 1.00 bits per heavy atom. The standard InChI is InChI=1S/C15H14S/c1-10(2)11-3-4-12-9-15-14(7-8-16-15)13(12)6-5-11/h3-10H,1-2H3. The van der Waals surface area contributed by atoms with Crippen molar-refractivity contribution in [3.63, 3.8) is 0 Å². The van der Waals surface area contributed by atoms with E-state index in [4.69, 9.17) is 0 Å². The SMILES string of the molecule is CC(C)c1ccc2cc3sccc3c-2cc1. The Hall–Kier alpha value is -1.34. The first kappa shape index (κ1) is 9.86. The molecule has 0 nitrogen and oxygen atoms in total. The molecule has 0 fully saturated rings. The fourth-order valence-corrected chi connectivity index (χ4v) is 3.01. The van der Waals surface area contributed by atoms with E-state index in [-0.39, 0.29) is 0 Å². The largest absolute Gasteiger partial charge is 0.144 e. The lowest BCUT2D eigenvalue weighted by molar-refractivity contribution is 0.868. The van der Waals surface area contributed by atoms with Gasteiger partial charge in [-0.15, -0.1) is 11.3 Å². The molecule has 0 bridgehead atoms. The molecule has 1 aromatic rings. The molecule has 0 aliphatic heterocycles. The van der Waals surface area contributed by atoms with Crippen molar-refractivity contribution < 1.29 is 0 Å². The summed E-state index contributed by atoms with van der Waals surface area (Å²) in [6.45, 7) is 4.47. The van der Waals surface area contributed by atoms with Crippen molar-refractivity contribution in [3.05, 3.63) is 47.3 Å². The maximum atomic E-state index is 2.29. The summed E-state index contributed by atoms with van der Waals surface area (Å²) < 4.78 is 1.40. The van der Waals surface area contributed by atoms with Crippen LogP contribution >= 0.6 is 11.3 Å². The highest BCUT2D eigenvalue weighted by Crippen LogP contribution is 2.36. The second-order valence-corrected chi connectivity index (χ2v) is 5.48. The number of rotatable bonds is 1. The molecule has 16 heavy (non-hydrogen) atoms. The summed E-state index contributed by atoms with van der Waals surface area (Å²) in [5, 5.41) is 3.56. The molecule has 80 valence electrons. The molecule has 1 heterocycles. The molecule has 3 rings (SSSR count). The fourth-order valence-electron chi connectivity index (χ4n) is 2.16. The van der Waals surface area contributed by atoms with E-state index in [0.717, 1.165) is 0 Å². The summed E-state index contributed by atoms with van der Waals surface area (Å²) >= 11 is 1.82. The van der Waals surface area contributed by atoms with Crippen LogP contribution in [-0.2, 0) is 0 Å². The van der Waals surface area contributed by atoms with Crippen LogP contribution < -0.4 is 0 Å². The Morgan fingerprint density at radius 2 is 1.81 bits per heavy atom. The smallest absolute Gasteiger partial charge is 0.0355 e. The molecule has 0 saturated heterocycles. The quantitative estimate of drug-likeness (QED) is 0.539. The predicted molar refractivity (Wildman–Crippen MR) is 72.5 cm³/mol. The monoisotopic (exact) mass is 226 g/mol. The molecule has 2 aliphatic rings. The normalized spacial score (nSPS) is 11.7. The van der Waals surface area contributed by atoms with Gasteiger partial charge >= 0.3 is 0 Å². The summed E-state index contributed by atoms with van der Waals surface area (Å²) in [5.74, 6) is 0.592. The van der Waals surface area contributed by atoms with Crippen LogP contribution in [0.2, 0.25) is 0 Å². The molecule has 0 atom stereocenters. The zero-order valence-corrected chi connectivity index (χ0v) is 10.3. The minimum absolute atomic E-state index is 0.592. The molecule has 0 N–H and O–H groups in total. The van der Waals surface area contributed by atoms with Crippen LogP contribution in [0.3, 0.4) is 0 Å². The Balaban J connectivity index is 2.30. The third-order valence-electron chi connectivity index (χ3n) is 3.15. The molecule has 0 aromatic carbocycles. The summed E-state index contributed by atoms with van der Waals surface area (Å²) in [7, 11) is 0. The van der Waals surface area contributed by atoms with Crippen molar-refractivity contribution in [1.29, 1.82) is 0 Å². The third-order valence-corrected chi connectivity index (χ3v) is 4.01. The lowest BCUT2D eigenvalue weighted by Gasteiger charge is -1.99. The third kappa shape index (κ3) is 1.43. The van der Waals surface area contributed by atoms with Crippen molar-refractivity contribution in [2.75, 3.05) is 0 Å². The molecule has 1 heteroatoms. The van der Waals surface area contributed by atoms with Crippen LogP contribution in [0.5, 0.6) is 0 Å². The highest BCUT2D eigenvalue weighted by molar-refractivity contribution is 7.17. The van der Waals surface area contributed by atoms with E-state index >= 15 is 0 Å². The Labute approximate surface area is 99.9 Å². The van der Waals surface area contributed by atoms with Gasteiger partial charge in [0.05, 0.1) is 0 Å². The van der Waals surface area contributed by atoms with Gasteiger partial charge in [-0.05, 0) is 40.1 Å². The van der Waals surface area contributed by atoms with Gasteiger partial charge in [-0.25, -0.2) is 0 Å². The van der Waals surface area contributed by atoms with Crippen molar-refractivity contribution in [2.45, 2.75) is 19.8 Å². The van der Waals surface area contributed by atoms with E-state index in [1.807, 2.05) is 11.3 Å². The summed E-state index contributed by atoms with van der Waals surface area (Å²) in [6.07, 6.45) is 0. The zero-order valence-electron chi connectivity index (χ0n) is 9.53. The van der Waals surface area contributed by atoms with Gasteiger partial charge in [0.1, 0.15) is 0 Å². The summed E-state index contributed by atoms with van der Waals surface area (Å²) in [4.78, 5) is 0. The minimum Gasteiger partial charge on any atom is -0.144 e. The summed E-state index contributed by atoms with van der Waals surface area (Å²) in [5.41, 5.74) is 4.14. The first-order chi connectivity index (χ1) is 7.75. The number of hydrogen-bond donors (Lipinski definition) is 0. The van der Waals surface area contributed by atoms with Crippen molar-refractivity contribution >= 4 is 21.4 Å². The van der Waals surface area contributed by atoms with Gasteiger partial charge in [-0.1, -0.05) is 38.1 Å². The van der Waals surface area contributed by atoms with E-state index in [0.29, 0.717) is 5.92 Å². The zero-order chi connectivity index (χ0) is 11.1. The van der Waals surface area contributed by atoms with Gasteiger partial charge in [-0.2, -0.15) is 0 Å². The topological polar surface area (TPSA) is 0 Å². The van der Waals surface area contributed by atoms with Gasteiger partial charge in [0.2, 0.25) is 0 Å². The van der Waals surface area contributed by atoms with Gasteiger partial charge in [0, 0.05) is 10.1 Å². The second-order valence-electron chi connectivity index (χ2n) is 4.53. The number of hydrogen-bond acceptors (Lipinski definition) is 1. The molecule has 0 unspecified atom stereocenters. The lowest BCUT2D eigenvalue weighted by atomic mass is 10.1. The average molecular weight is 226 g/mol. The molecule has 0 amide bonds. The minimum atomic E-state index is 0.592. The van der Waals surface area contributed by atoms with Gasteiger partial charge in [-0.3, -0.25) is 0 Å². The van der Waals surface area contributed by atoms with E-state index in [1.165, 1.54) is 26.8 Å². The molecular formula is C15H14S. The van der Waals surface area contributed by atoms with E-state index < -0.39 is 0 Å². The van der Waals surface area contributed by atoms with Gasteiger partial charge < -0.3 is 0 Å².